The monoisotopic (exact) mass is 363 g/mol. The normalized spacial score (nSPS) is 12.8. The minimum atomic E-state index is -0.0354. The second-order valence-corrected chi connectivity index (χ2v) is 6.42. The third kappa shape index (κ3) is 2.86. The largest absolute Gasteiger partial charge is 0.459 e. The Morgan fingerprint density at radius 1 is 1.19 bits per heavy atom. The summed E-state index contributed by atoms with van der Waals surface area (Å²) in [4.78, 5) is 0. The molecule has 2 nitrogen and oxygen atoms in total. The van der Waals surface area contributed by atoms with E-state index >= 15 is 0 Å². The van der Waals surface area contributed by atoms with E-state index in [0.29, 0.717) is 5.02 Å². The summed E-state index contributed by atoms with van der Waals surface area (Å²) in [6.45, 7) is 2.06. The molecule has 4 heteroatoms. The highest BCUT2D eigenvalue weighted by Crippen LogP contribution is 2.32. The van der Waals surface area contributed by atoms with E-state index in [1.807, 2.05) is 31.3 Å². The molecule has 1 atom stereocenters. The second-order valence-electron chi connectivity index (χ2n) is 5.07. The van der Waals surface area contributed by atoms with Crippen LogP contribution in [0.3, 0.4) is 0 Å². The Morgan fingerprint density at radius 2 is 2.00 bits per heavy atom. The lowest BCUT2D eigenvalue weighted by molar-refractivity contribution is 0.490. The van der Waals surface area contributed by atoms with E-state index in [4.69, 9.17) is 16.0 Å². The van der Waals surface area contributed by atoms with Gasteiger partial charge in [0.15, 0.2) is 0 Å². The zero-order valence-electron chi connectivity index (χ0n) is 11.8. The fourth-order valence-corrected chi connectivity index (χ4v) is 3.47. The summed E-state index contributed by atoms with van der Waals surface area (Å²) in [5.74, 6) is 0.885. The predicted octanol–water partition coefficient (Wildman–Crippen LogP) is 5.47. The van der Waals surface area contributed by atoms with Crippen LogP contribution in [0, 0.1) is 6.92 Å². The van der Waals surface area contributed by atoms with Crippen LogP contribution in [0.25, 0.3) is 11.0 Å². The molecule has 21 heavy (non-hydrogen) atoms. The summed E-state index contributed by atoms with van der Waals surface area (Å²) in [5.41, 5.74) is 3.14. The van der Waals surface area contributed by atoms with Crippen molar-refractivity contribution in [1.29, 1.82) is 0 Å². The van der Waals surface area contributed by atoms with Crippen molar-refractivity contribution in [3.05, 3.63) is 68.8 Å². The maximum Gasteiger partial charge on any atom is 0.137 e. The van der Waals surface area contributed by atoms with Crippen LogP contribution in [0.1, 0.15) is 22.9 Å². The number of para-hydroxylation sites is 1. The van der Waals surface area contributed by atoms with E-state index in [-0.39, 0.29) is 6.04 Å². The van der Waals surface area contributed by atoms with Gasteiger partial charge in [-0.1, -0.05) is 45.7 Å². The highest BCUT2D eigenvalue weighted by Gasteiger charge is 2.18. The number of fused-ring (bicyclic) bond motifs is 1. The van der Waals surface area contributed by atoms with Crippen LogP contribution in [0.4, 0.5) is 0 Å². The second kappa shape index (κ2) is 5.84. The Morgan fingerprint density at radius 3 is 2.67 bits per heavy atom. The van der Waals surface area contributed by atoms with Crippen LogP contribution < -0.4 is 5.32 Å². The Hall–Kier alpha value is -1.29. The van der Waals surface area contributed by atoms with Gasteiger partial charge in [0.25, 0.3) is 0 Å². The van der Waals surface area contributed by atoms with Gasteiger partial charge in [0.05, 0.1) is 6.04 Å². The third-order valence-corrected chi connectivity index (χ3v) is 4.23. The molecule has 0 aliphatic carbocycles. The average Bonchev–Trinajstić information content (AvgIpc) is 2.83. The van der Waals surface area contributed by atoms with E-state index in [9.17, 15) is 0 Å². The summed E-state index contributed by atoms with van der Waals surface area (Å²) in [7, 11) is 1.92. The highest BCUT2D eigenvalue weighted by molar-refractivity contribution is 9.10. The third-order valence-electron chi connectivity index (χ3n) is 3.55. The molecular weight excluding hydrogens is 350 g/mol. The molecule has 2 aromatic carbocycles. The summed E-state index contributed by atoms with van der Waals surface area (Å²) in [5, 5.41) is 5.11. The van der Waals surface area contributed by atoms with Crippen LogP contribution in [0.5, 0.6) is 0 Å². The van der Waals surface area contributed by atoms with Gasteiger partial charge in [-0.3, -0.25) is 0 Å². The molecule has 1 unspecified atom stereocenters. The van der Waals surface area contributed by atoms with Gasteiger partial charge in [-0.2, -0.15) is 0 Å². The Bertz CT molecular complexity index is 776. The van der Waals surface area contributed by atoms with Gasteiger partial charge in [0.1, 0.15) is 11.3 Å². The first-order valence-electron chi connectivity index (χ1n) is 6.71. The zero-order chi connectivity index (χ0) is 15.0. The number of rotatable bonds is 3. The number of benzene rings is 2. The lowest BCUT2D eigenvalue weighted by Gasteiger charge is -2.14. The number of hydrogen-bond donors (Lipinski definition) is 1. The number of nitrogens with one attached hydrogen (secondary N) is 1. The molecule has 1 N–H and O–H groups in total. The first-order chi connectivity index (χ1) is 10.1. The summed E-state index contributed by atoms with van der Waals surface area (Å²) in [6.07, 6.45) is 0. The lowest BCUT2D eigenvalue weighted by atomic mass is 10.0. The molecule has 0 fully saturated rings. The van der Waals surface area contributed by atoms with Crippen LogP contribution >= 0.6 is 27.5 Å². The van der Waals surface area contributed by atoms with Crippen LogP contribution in [-0.4, -0.2) is 7.05 Å². The van der Waals surface area contributed by atoms with Gasteiger partial charge in [-0.25, -0.2) is 0 Å². The van der Waals surface area contributed by atoms with Crippen molar-refractivity contribution in [3.63, 3.8) is 0 Å². The Kier molecular flexibility index (Phi) is 4.07. The molecule has 3 aromatic rings. The molecule has 0 bridgehead atoms. The molecule has 0 saturated carbocycles. The fraction of sp³-hybridized carbons (Fsp3) is 0.176. The SMILES string of the molecule is CNC(c1cc(Cl)cc(Br)c1)c1cc2cccc(C)c2o1. The van der Waals surface area contributed by atoms with Crippen LogP contribution in [0.2, 0.25) is 5.02 Å². The standard InChI is InChI=1S/C17H15BrClNO/c1-10-4-3-5-11-8-15(21-17(10)11)16(20-2)12-6-13(18)9-14(19)7-12/h3-9,16,20H,1-2H3. The summed E-state index contributed by atoms with van der Waals surface area (Å²) in [6, 6.07) is 14.1. The Balaban J connectivity index is 2.11. The van der Waals surface area contributed by atoms with Crippen molar-refractivity contribution in [1.82, 2.24) is 5.32 Å². The van der Waals surface area contributed by atoms with Crippen molar-refractivity contribution >= 4 is 38.5 Å². The number of aryl methyl sites for hydroxylation is 1. The molecule has 1 aromatic heterocycles. The molecule has 0 amide bonds. The van der Waals surface area contributed by atoms with Crippen LogP contribution in [0.15, 0.2) is 51.4 Å². The first kappa shape index (κ1) is 14.6. The van der Waals surface area contributed by atoms with Gasteiger partial charge < -0.3 is 9.73 Å². The van der Waals surface area contributed by atoms with Crippen molar-refractivity contribution in [2.24, 2.45) is 0 Å². The van der Waals surface area contributed by atoms with Crippen molar-refractivity contribution < 1.29 is 4.42 Å². The Labute approximate surface area is 137 Å². The number of hydrogen-bond acceptors (Lipinski definition) is 2. The van der Waals surface area contributed by atoms with E-state index in [1.54, 1.807) is 0 Å². The molecule has 0 aliphatic heterocycles. The maximum absolute atomic E-state index is 6.15. The molecule has 0 saturated heterocycles. The molecule has 0 spiro atoms. The number of halogens is 2. The fourth-order valence-electron chi connectivity index (χ4n) is 2.59. The molecule has 0 radical (unpaired) electrons. The molecule has 0 aliphatic rings. The topological polar surface area (TPSA) is 25.2 Å². The number of furan rings is 1. The van der Waals surface area contributed by atoms with Gasteiger partial charge >= 0.3 is 0 Å². The summed E-state index contributed by atoms with van der Waals surface area (Å²) < 4.78 is 7.02. The van der Waals surface area contributed by atoms with E-state index in [1.165, 1.54) is 0 Å². The smallest absolute Gasteiger partial charge is 0.137 e. The average molecular weight is 365 g/mol. The molecule has 3 rings (SSSR count). The predicted molar refractivity (Wildman–Crippen MR) is 91.0 cm³/mol. The van der Waals surface area contributed by atoms with Gasteiger partial charge in [-0.05, 0) is 49.4 Å². The van der Waals surface area contributed by atoms with Gasteiger partial charge in [-0.15, -0.1) is 0 Å². The van der Waals surface area contributed by atoms with E-state index in [2.05, 4.69) is 46.4 Å². The van der Waals surface area contributed by atoms with Crippen molar-refractivity contribution in [3.8, 4) is 0 Å². The quantitative estimate of drug-likeness (QED) is 0.667. The van der Waals surface area contributed by atoms with E-state index < -0.39 is 0 Å². The van der Waals surface area contributed by atoms with Gasteiger partial charge in [0.2, 0.25) is 0 Å². The van der Waals surface area contributed by atoms with Gasteiger partial charge in [0, 0.05) is 14.9 Å². The molecule has 1 heterocycles. The maximum atomic E-state index is 6.15. The zero-order valence-corrected chi connectivity index (χ0v) is 14.1. The minimum absolute atomic E-state index is 0.0354. The van der Waals surface area contributed by atoms with Crippen molar-refractivity contribution in [2.75, 3.05) is 7.05 Å². The van der Waals surface area contributed by atoms with Crippen molar-refractivity contribution in [2.45, 2.75) is 13.0 Å². The lowest BCUT2D eigenvalue weighted by Crippen LogP contribution is -2.17. The van der Waals surface area contributed by atoms with Crippen LogP contribution in [-0.2, 0) is 0 Å². The first-order valence-corrected chi connectivity index (χ1v) is 7.88. The van der Waals surface area contributed by atoms with E-state index in [0.717, 1.165) is 32.3 Å². The highest BCUT2D eigenvalue weighted by atomic mass is 79.9. The summed E-state index contributed by atoms with van der Waals surface area (Å²) >= 11 is 9.64. The molecule has 108 valence electrons. The minimum Gasteiger partial charge on any atom is -0.459 e. The molecular formula is C17H15BrClNO.